The lowest BCUT2D eigenvalue weighted by Crippen LogP contribution is -2.59. The van der Waals surface area contributed by atoms with Gasteiger partial charge in [0.25, 0.3) is 0 Å². The average molecular weight is 531 g/mol. The SMILES string of the molecule is CC(=O)O[C@@H](C1C[C@@H](C)C2C(O1)[C@H](O)[C@@]1(C)[C@@H]3CC[C@H]4C(C)(C)[C@@H](O)CC[C@@]45CC35CC[C@]21C)C(C)(C)C. The first-order chi connectivity index (χ1) is 17.5. The molecule has 6 rings (SSSR count). The van der Waals surface area contributed by atoms with E-state index >= 15 is 0 Å². The summed E-state index contributed by atoms with van der Waals surface area (Å²) in [4.78, 5) is 12.1. The number of ether oxygens (including phenoxy) is 2. The smallest absolute Gasteiger partial charge is 0.303 e. The molecule has 216 valence electrons. The second-order valence-electron chi connectivity index (χ2n) is 17.0. The predicted octanol–water partition coefficient (Wildman–Crippen LogP) is 6.14. The lowest BCUT2D eigenvalue weighted by Gasteiger charge is -2.63. The largest absolute Gasteiger partial charge is 0.459 e. The summed E-state index contributed by atoms with van der Waals surface area (Å²) >= 11 is 0. The van der Waals surface area contributed by atoms with Crippen LogP contribution in [0, 0.1) is 56.2 Å². The zero-order valence-corrected chi connectivity index (χ0v) is 25.5. The molecule has 0 radical (unpaired) electrons. The lowest BCUT2D eigenvalue weighted by atomic mass is 9.41. The zero-order valence-electron chi connectivity index (χ0n) is 25.5. The van der Waals surface area contributed by atoms with Gasteiger partial charge in [0.1, 0.15) is 6.10 Å². The molecule has 0 aromatic carbocycles. The van der Waals surface area contributed by atoms with Gasteiger partial charge in [-0.15, -0.1) is 0 Å². The normalized spacial score (nSPS) is 55.4. The summed E-state index contributed by atoms with van der Waals surface area (Å²) < 4.78 is 12.8. The molecule has 4 unspecified atom stereocenters. The molecule has 0 bridgehead atoms. The van der Waals surface area contributed by atoms with E-state index in [1.165, 1.54) is 26.2 Å². The lowest BCUT2D eigenvalue weighted by molar-refractivity contribution is -0.204. The van der Waals surface area contributed by atoms with Crippen LogP contribution in [0.1, 0.15) is 114 Å². The van der Waals surface area contributed by atoms with Gasteiger partial charge in [-0.2, -0.15) is 0 Å². The van der Waals surface area contributed by atoms with Crippen molar-refractivity contribution in [2.24, 2.45) is 56.2 Å². The third kappa shape index (κ3) is 3.13. The third-order valence-electron chi connectivity index (χ3n) is 14.3. The fourth-order valence-electron chi connectivity index (χ4n) is 12.5. The van der Waals surface area contributed by atoms with E-state index in [0.717, 1.165) is 32.1 Å². The van der Waals surface area contributed by atoms with Gasteiger partial charge >= 0.3 is 5.97 Å². The molecule has 13 atom stereocenters. The Hall–Kier alpha value is -0.650. The van der Waals surface area contributed by atoms with Gasteiger partial charge in [-0.25, -0.2) is 0 Å². The van der Waals surface area contributed by atoms with Crippen LogP contribution in [0.15, 0.2) is 0 Å². The molecule has 5 nitrogen and oxygen atoms in total. The summed E-state index contributed by atoms with van der Waals surface area (Å²) in [6.45, 7) is 19.7. The number of fused-ring (bicyclic) bond motifs is 4. The van der Waals surface area contributed by atoms with E-state index in [1.807, 2.05) is 0 Å². The fraction of sp³-hybridized carbons (Fsp3) is 0.970. The van der Waals surface area contributed by atoms with Gasteiger partial charge in [-0.05, 0) is 96.7 Å². The zero-order chi connectivity index (χ0) is 27.8. The van der Waals surface area contributed by atoms with Crippen LogP contribution < -0.4 is 0 Å². The van der Waals surface area contributed by atoms with E-state index < -0.39 is 6.10 Å². The number of hydrogen-bond donors (Lipinski definition) is 2. The molecule has 6 fully saturated rings. The Morgan fingerprint density at radius 3 is 2.24 bits per heavy atom. The molecule has 5 heteroatoms. The molecule has 1 saturated heterocycles. The summed E-state index contributed by atoms with van der Waals surface area (Å²) in [7, 11) is 0. The molecule has 0 aromatic rings. The molecule has 1 aliphatic heterocycles. The highest BCUT2D eigenvalue weighted by Gasteiger charge is 2.84. The minimum Gasteiger partial charge on any atom is -0.459 e. The van der Waals surface area contributed by atoms with Crippen LogP contribution in [0.25, 0.3) is 0 Å². The number of aliphatic hydroxyl groups is 2. The molecule has 6 aliphatic rings. The average Bonchev–Trinajstić information content (AvgIpc) is 3.44. The molecule has 1 heterocycles. The van der Waals surface area contributed by atoms with Gasteiger partial charge in [-0.3, -0.25) is 4.79 Å². The minimum absolute atomic E-state index is 0.0242. The van der Waals surface area contributed by atoms with Crippen molar-refractivity contribution >= 4 is 5.97 Å². The molecule has 5 aliphatic carbocycles. The molecular weight excluding hydrogens is 476 g/mol. The summed E-state index contributed by atoms with van der Waals surface area (Å²) in [5, 5.41) is 23.3. The maximum atomic E-state index is 12.4. The van der Waals surface area contributed by atoms with Crippen molar-refractivity contribution in [2.75, 3.05) is 0 Å². The second-order valence-corrected chi connectivity index (χ2v) is 17.0. The monoisotopic (exact) mass is 530 g/mol. The van der Waals surface area contributed by atoms with Crippen LogP contribution in [-0.2, 0) is 14.3 Å². The Bertz CT molecular complexity index is 1000. The Labute approximate surface area is 230 Å². The Morgan fingerprint density at radius 2 is 1.61 bits per heavy atom. The predicted molar refractivity (Wildman–Crippen MR) is 147 cm³/mol. The quantitative estimate of drug-likeness (QED) is 0.420. The van der Waals surface area contributed by atoms with Crippen molar-refractivity contribution in [1.82, 2.24) is 0 Å². The Kier molecular flexibility index (Phi) is 5.79. The van der Waals surface area contributed by atoms with Crippen LogP contribution in [0.5, 0.6) is 0 Å². The van der Waals surface area contributed by atoms with Crippen molar-refractivity contribution in [3.05, 3.63) is 0 Å². The first-order valence-electron chi connectivity index (χ1n) is 15.7. The number of rotatable bonds is 2. The molecule has 0 aromatic heterocycles. The highest BCUT2D eigenvalue weighted by atomic mass is 16.6. The maximum Gasteiger partial charge on any atom is 0.303 e. The van der Waals surface area contributed by atoms with Crippen LogP contribution >= 0.6 is 0 Å². The van der Waals surface area contributed by atoms with E-state index in [2.05, 4.69) is 55.4 Å². The number of esters is 1. The number of hydrogen-bond acceptors (Lipinski definition) is 5. The van der Waals surface area contributed by atoms with Crippen molar-refractivity contribution in [3.8, 4) is 0 Å². The number of carbonyl (C=O) groups is 1. The highest BCUT2D eigenvalue weighted by Crippen LogP contribution is 2.89. The van der Waals surface area contributed by atoms with Gasteiger partial charge in [0.05, 0.1) is 24.4 Å². The molecular formula is C33H54O5. The summed E-state index contributed by atoms with van der Waals surface area (Å²) in [5.41, 5.74) is 0.213. The summed E-state index contributed by atoms with van der Waals surface area (Å²) in [6, 6.07) is 0. The molecule has 38 heavy (non-hydrogen) atoms. The van der Waals surface area contributed by atoms with Gasteiger partial charge in [0, 0.05) is 17.8 Å². The Balaban J connectivity index is 1.35. The van der Waals surface area contributed by atoms with Crippen LogP contribution in [0.3, 0.4) is 0 Å². The Morgan fingerprint density at radius 1 is 0.974 bits per heavy atom. The molecule has 0 amide bonds. The summed E-state index contributed by atoms with van der Waals surface area (Å²) in [6.07, 6.45) is 7.50. The molecule has 2 N–H and O–H groups in total. The van der Waals surface area contributed by atoms with Crippen LogP contribution in [-0.4, -0.2) is 46.7 Å². The standard InChI is InChI=1S/C33H54O5/c1-18-16-20(27(28(3,4)5)37-19(2)34)38-25-24(18)30(8)14-15-33-17-32(33)13-12-23(35)29(6,7)21(32)10-11-22(33)31(30,9)26(25)36/h18,20-27,35-36H,10-17H2,1-9H3/t18-,20?,21+,22+,23+,24?,25?,26+,27+,30-,31-,32-,33?/m1/s1. The maximum absolute atomic E-state index is 12.4. The van der Waals surface area contributed by atoms with Crippen LogP contribution in [0.4, 0.5) is 0 Å². The molecule has 5 saturated carbocycles. The highest BCUT2D eigenvalue weighted by molar-refractivity contribution is 5.66. The van der Waals surface area contributed by atoms with E-state index in [4.69, 9.17) is 9.47 Å². The summed E-state index contributed by atoms with van der Waals surface area (Å²) in [5.74, 6) is 1.52. The first-order valence-corrected chi connectivity index (χ1v) is 15.7. The third-order valence-corrected chi connectivity index (χ3v) is 14.3. The molecule has 2 spiro atoms. The van der Waals surface area contributed by atoms with Gasteiger partial charge in [-0.1, -0.05) is 55.4 Å². The van der Waals surface area contributed by atoms with Gasteiger partial charge in [0.2, 0.25) is 0 Å². The minimum atomic E-state index is -0.515. The van der Waals surface area contributed by atoms with Crippen LogP contribution in [0.2, 0.25) is 0 Å². The van der Waals surface area contributed by atoms with E-state index in [9.17, 15) is 15.0 Å². The second kappa shape index (κ2) is 8.00. The number of aliphatic hydroxyl groups excluding tert-OH is 2. The van der Waals surface area contributed by atoms with Gasteiger partial charge in [0.15, 0.2) is 0 Å². The first kappa shape index (κ1) is 27.5. The van der Waals surface area contributed by atoms with Crippen molar-refractivity contribution in [2.45, 2.75) is 144 Å². The van der Waals surface area contributed by atoms with E-state index in [0.29, 0.717) is 34.5 Å². The van der Waals surface area contributed by atoms with Crippen molar-refractivity contribution in [3.63, 3.8) is 0 Å². The number of carbonyl (C=O) groups excluding carboxylic acids is 1. The van der Waals surface area contributed by atoms with Crippen molar-refractivity contribution < 1.29 is 24.5 Å². The van der Waals surface area contributed by atoms with Crippen molar-refractivity contribution in [1.29, 1.82) is 0 Å². The topological polar surface area (TPSA) is 76.0 Å². The van der Waals surface area contributed by atoms with E-state index in [-0.39, 0.29) is 52.0 Å². The van der Waals surface area contributed by atoms with Gasteiger partial charge < -0.3 is 19.7 Å². The van der Waals surface area contributed by atoms with E-state index in [1.54, 1.807) is 0 Å². The fourth-order valence-corrected chi connectivity index (χ4v) is 12.5.